The molecule has 1 saturated carbocycles. The number of hydrogen-bond donors (Lipinski definition) is 2. The lowest BCUT2D eigenvalue weighted by molar-refractivity contribution is 0.746. The SMILES string of the molecule is C=C(CCCC)c1cc2c(c(NC3CCCC3)n1)NCCC2. The van der Waals surface area contributed by atoms with Crippen molar-refractivity contribution in [2.24, 2.45) is 0 Å². The van der Waals surface area contributed by atoms with Gasteiger partial charge in [0.2, 0.25) is 0 Å². The van der Waals surface area contributed by atoms with E-state index in [-0.39, 0.29) is 0 Å². The third-order valence-corrected chi connectivity index (χ3v) is 4.92. The van der Waals surface area contributed by atoms with Crippen LogP contribution < -0.4 is 10.6 Å². The van der Waals surface area contributed by atoms with Crippen LogP contribution in [-0.4, -0.2) is 17.6 Å². The number of unbranched alkanes of at least 4 members (excludes halogenated alkanes) is 1. The molecule has 0 amide bonds. The minimum Gasteiger partial charge on any atom is -0.382 e. The first-order chi connectivity index (χ1) is 10.8. The maximum absolute atomic E-state index is 4.93. The molecule has 2 heterocycles. The van der Waals surface area contributed by atoms with E-state index in [0.29, 0.717) is 6.04 Å². The van der Waals surface area contributed by atoms with Crippen molar-refractivity contribution < 1.29 is 0 Å². The Labute approximate surface area is 134 Å². The van der Waals surface area contributed by atoms with Gasteiger partial charge in [0, 0.05) is 12.6 Å². The number of anilines is 2. The summed E-state index contributed by atoms with van der Waals surface area (Å²) in [5, 5.41) is 7.27. The standard InChI is InChI=1S/C19H29N3/c1-3-4-8-14(2)17-13-15-9-7-12-20-18(15)19(22-17)21-16-10-5-6-11-16/h13,16,20H,2-12H2,1H3,(H,21,22). The average Bonchev–Trinajstić information content (AvgIpc) is 3.05. The molecule has 1 aromatic heterocycles. The maximum Gasteiger partial charge on any atom is 0.150 e. The summed E-state index contributed by atoms with van der Waals surface area (Å²) in [6.45, 7) is 7.56. The zero-order valence-electron chi connectivity index (χ0n) is 13.9. The first-order valence-electron chi connectivity index (χ1n) is 9.00. The molecule has 2 N–H and O–H groups in total. The van der Waals surface area contributed by atoms with Crippen LogP contribution in [0.3, 0.4) is 0 Å². The fourth-order valence-electron chi connectivity index (χ4n) is 3.55. The maximum atomic E-state index is 4.93. The predicted molar refractivity (Wildman–Crippen MR) is 95.5 cm³/mol. The molecule has 0 spiro atoms. The number of rotatable bonds is 6. The molecule has 0 saturated heterocycles. The Bertz CT molecular complexity index is 530. The largest absolute Gasteiger partial charge is 0.382 e. The van der Waals surface area contributed by atoms with Gasteiger partial charge in [0.1, 0.15) is 0 Å². The Morgan fingerprint density at radius 2 is 2.18 bits per heavy atom. The van der Waals surface area contributed by atoms with Crippen molar-refractivity contribution in [2.45, 2.75) is 70.8 Å². The monoisotopic (exact) mass is 299 g/mol. The predicted octanol–water partition coefficient (Wildman–Crippen LogP) is 5.00. The summed E-state index contributed by atoms with van der Waals surface area (Å²) in [5.74, 6) is 1.07. The Kier molecular flexibility index (Phi) is 5.01. The van der Waals surface area contributed by atoms with Gasteiger partial charge in [0.05, 0.1) is 11.4 Å². The molecule has 22 heavy (non-hydrogen) atoms. The van der Waals surface area contributed by atoms with Crippen molar-refractivity contribution in [1.29, 1.82) is 0 Å². The van der Waals surface area contributed by atoms with Crippen molar-refractivity contribution in [3.8, 4) is 0 Å². The Morgan fingerprint density at radius 1 is 1.36 bits per heavy atom. The van der Waals surface area contributed by atoms with E-state index in [4.69, 9.17) is 4.98 Å². The number of fused-ring (bicyclic) bond motifs is 1. The molecule has 3 nitrogen and oxygen atoms in total. The summed E-state index contributed by atoms with van der Waals surface area (Å²) in [4.78, 5) is 4.93. The van der Waals surface area contributed by atoms with Crippen LogP contribution in [0.15, 0.2) is 12.6 Å². The van der Waals surface area contributed by atoms with Crippen molar-refractivity contribution in [3.05, 3.63) is 23.9 Å². The van der Waals surface area contributed by atoms with Crippen molar-refractivity contribution in [3.63, 3.8) is 0 Å². The van der Waals surface area contributed by atoms with Crippen molar-refractivity contribution >= 4 is 17.1 Å². The molecule has 3 heteroatoms. The lowest BCUT2D eigenvalue weighted by atomic mass is 9.99. The molecule has 0 aromatic carbocycles. The number of aryl methyl sites for hydroxylation is 1. The van der Waals surface area contributed by atoms with Gasteiger partial charge in [0.25, 0.3) is 0 Å². The fraction of sp³-hybridized carbons (Fsp3) is 0.632. The molecule has 1 aliphatic heterocycles. The molecule has 1 aromatic rings. The van der Waals surface area contributed by atoms with Gasteiger partial charge in [-0.1, -0.05) is 32.8 Å². The van der Waals surface area contributed by atoms with Crippen molar-refractivity contribution in [2.75, 3.05) is 17.2 Å². The third kappa shape index (κ3) is 3.45. The second kappa shape index (κ2) is 7.17. The molecule has 0 atom stereocenters. The van der Waals surface area contributed by atoms with Gasteiger partial charge < -0.3 is 10.6 Å². The molecule has 3 rings (SSSR count). The summed E-state index contributed by atoms with van der Waals surface area (Å²) in [6.07, 6.45) is 11.1. The number of allylic oxidation sites excluding steroid dienone is 1. The summed E-state index contributed by atoms with van der Waals surface area (Å²) in [6, 6.07) is 2.86. The van der Waals surface area contributed by atoms with Crippen molar-refractivity contribution in [1.82, 2.24) is 4.98 Å². The smallest absolute Gasteiger partial charge is 0.150 e. The van der Waals surface area contributed by atoms with Gasteiger partial charge in [-0.15, -0.1) is 0 Å². The van der Waals surface area contributed by atoms with Crippen LogP contribution in [0.25, 0.3) is 5.57 Å². The molecule has 2 aliphatic rings. The number of pyridine rings is 1. The minimum absolute atomic E-state index is 0.597. The normalized spacial score (nSPS) is 17.9. The highest BCUT2D eigenvalue weighted by atomic mass is 15.1. The number of nitrogens with zero attached hydrogens (tertiary/aromatic N) is 1. The molecule has 0 unspecified atom stereocenters. The zero-order valence-corrected chi connectivity index (χ0v) is 13.9. The zero-order chi connectivity index (χ0) is 15.4. The van der Waals surface area contributed by atoms with Crippen LogP contribution in [0.5, 0.6) is 0 Å². The Balaban J connectivity index is 1.86. The second-order valence-corrected chi connectivity index (χ2v) is 6.75. The van der Waals surface area contributed by atoms with Crippen LogP contribution in [0.4, 0.5) is 11.5 Å². The van der Waals surface area contributed by atoms with Crippen LogP contribution in [0.2, 0.25) is 0 Å². The summed E-state index contributed by atoms with van der Waals surface area (Å²) >= 11 is 0. The molecule has 0 bridgehead atoms. The van der Waals surface area contributed by atoms with Gasteiger partial charge in [-0.05, 0) is 55.7 Å². The van der Waals surface area contributed by atoms with Gasteiger partial charge in [0.15, 0.2) is 5.82 Å². The minimum atomic E-state index is 0.597. The molecule has 1 fully saturated rings. The van der Waals surface area contributed by atoms with E-state index in [1.54, 1.807) is 0 Å². The van der Waals surface area contributed by atoms with E-state index in [1.807, 2.05) is 0 Å². The average molecular weight is 299 g/mol. The summed E-state index contributed by atoms with van der Waals surface area (Å²) in [5.41, 5.74) is 4.93. The first kappa shape index (κ1) is 15.4. The molecule has 0 radical (unpaired) electrons. The van der Waals surface area contributed by atoms with E-state index in [2.05, 4.69) is 30.2 Å². The van der Waals surface area contributed by atoms with Gasteiger partial charge in [-0.25, -0.2) is 4.98 Å². The van der Waals surface area contributed by atoms with E-state index in [1.165, 1.54) is 61.8 Å². The van der Waals surface area contributed by atoms with E-state index >= 15 is 0 Å². The van der Waals surface area contributed by atoms with Crippen LogP contribution in [-0.2, 0) is 6.42 Å². The summed E-state index contributed by atoms with van der Waals surface area (Å²) in [7, 11) is 0. The second-order valence-electron chi connectivity index (χ2n) is 6.75. The quantitative estimate of drug-likeness (QED) is 0.776. The van der Waals surface area contributed by atoms with Crippen LogP contribution in [0, 0.1) is 0 Å². The fourth-order valence-corrected chi connectivity index (χ4v) is 3.55. The van der Waals surface area contributed by atoms with Gasteiger partial charge >= 0.3 is 0 Å². The highest BCUT2D eigenvalue weighted by Crippen LogP contribution is 2.34. The van der Waals surface area contributed by atoms with Crippen LogP contribution in [0.1, 0.15) is 69.5 Å². The van der Waals surface area contributed by atoms with E-state index in [9.17, 15) is 0 Å². The molecule has 1 aliphatic carbocycles. The number of nitrogens with one attached hydrogen (secondary N) is 2. The molecular weight excluding hydrogens is 270 g/mol. The number of hydrogen-bond acceptors (Lipinski definition) is 3. The first-order valence-corrected chi connectivity index (χ1v) is 9.00. The van der Waals surface area contributed by atoms with Gasteiger partial charge in [-0.3, -0.25) is 0 Å². The summed E-state index contributed by atoms with van der Waals surface area (Å²) < 4.78 is 0. The lowest BCUT2D eigenvalue weighted by Gasteiger charge is -2.24. The van der Waals surface area contributed by atoms with Crippen LogP contribution >= 0.6 is 0 Å². The van der Waals surface area contributed by atoms with E-state index in [0.717, 1.165) is 30.9 Å². The molecular formula is C19H29N3. The van der Waals surface area contributed by atoms with Gasteiger partial charge in [-0.2, -0.15) is 0 Å². The Hall–Kier alpha value is -1.51. The number of aromatic nitrogens is 1. The highest BCUT2D eigenvalue weighted by Gasteiger charge is 2.21. The topological polar surface area (TPSA) is 37.0 Å². The third-order valence-electron chi connectivity index (χ3n) is 4.92. The highest BCUT2D eigenvalue weighted by molar-refractivity contribution is 5.74. The molecule has 120 valence electrons. The lowest BCUT2D eigenvalue weighted by Crippen LogP contribution is -2.21. The van der Waals surface area contributed by atoms with E-state index < -0.39 is 0 Å². The Morgan fingerprint density at radius 3 is 2.95 bits per heavy atom.